The predicted molar refractivity (Wildman–Crippen MR) is 104 cm³/mol. The smallest absolute Gasteiger partial charge is 0.422 e. The van der Waals surface area contributed by atoms with Gasteiger partial charge >= 0.3 is 6.18 Å². The van der Waals surface area contributed by atoms with Crippen molar-refractivity contribution in [3.8, 4) is 5.88 Å². The number of hydrogen-bond acceptors (Lipinski definition) is 6. The summed E-state index contributed by atoms with van der Waals surface area (Å²) < 4.78 is 54.2. The van der Waals surface area contributed by atoms with Crippen LogP contribution in [0, 0.1) is 11.7 Å². The molecule has 170 valence electrons. The Morgan fingerprint density at radius 3 is 2.52 bits per heavy atom. The van der Waals surface area contributed by atoms with E-state index in [4.69, 9.17) is 0 Å². The van der Waals surface area contributed by atoms with E-state index in [0.29, 0.717) is 11.9 Å². The Morgan fingerprint density at radius 2 is 1.97 bits per heavy atom. The summed E-state index contributed by atoms with van der Waals surface area (Å²) in [5, 5.41) is 5.16. The van der Waals surface area contributed by atoms with E-state index < -0.39 is 35.9 Å². The second-order valence-electron chi connectivity index (χ2n) is 6.45. The van der Waals surface area contributed by atoms with Crippen LogP contribution in [0.5, 0.6) is 5.88 Å². The van der Waals surface area contributed by atoms with Gasteiger partial charge in [-0.15, -0.1) is 0 Å². The summed E-state index contributed by atoms with van der Waals surface area (Å²) in [5.74, 6) is -1.99. The number of nitrogens with zero attached hydrogens (tertiary/aromatic N) is 1. The number of halogens is 4. The van der Waals surface area contributed by atoms with Gasteiger partial charge in [-0.25, -0.2) is 9.37 Å². The molecule has 1 amide bonds. The molecule has 2 aromatic rings. The normalized spacial score (nSPS) is 10.7. The molecule has 0 saturated heterocycles. The molecule has 0 aromatic carbocycles. The van der Waals surface area contributed by atoms with Gasteiger partial charge in [-0.3, -0.25) is 14.6 Å². The number of carbonyl (C=O) groups excluding carboxylic acids is 2. The largest absolute Gasteiger partial charge is 0.467 e. The molecule has 0 aliphatic heterocycles. The summed E-state index contributed by atoms with van der Waals surface area (Å²) in [7, 11) is 1.62. The molecule has 0 fully saturated rings. The monoisotopic (exact) mass is 446 g/mol. The first-order chi connectivity index (χ1) is 14.5. The van der Waals surface area contributed by atoms with Crippen molar-refractivity contribution >= 4 is 18.0 Å². The molecule has 0 saturated carbocycles. The van der Waals surface area contributed by atoms with Crippen molar-refractivity contribution in [2.75, 3.05) is 19.0 Å². The van der Waals surface area contributed by atoms with E-state index in [9.17, 15) is 31.9 Å². The van der Waals surface area contributed by atoms with Gasteiger partial charge in [0.25, 0.3) is 11.5 Å². The number of aromatic nitrogens is 2. The second kappa shape index (κ2) is 11.7. The van der Waals surface area contributed by atoms with Crippen molar-refractivity contribution < 1.29 is 31.9 Å². The first-order valence-corrected chi connectivity index (χ1v) is 8.95. The van der Waals surface area contributed by atoms with Crippen LogP contribution in [0.1, 0.15) is 29.8 Å². The summed E-state index contributed by atoms with van der Waals surface area (Å²) in [4.78, 5) is 39.2. The Hall–Kier alpha value is -3.44. The first kappa shape index (κ1) is 25.6. The minimum Gasteiger partial charge on any atom is -0.467 e. The number of pyridine rings is 2. The number of anilines is 1. The molecule has 8 nitrogen and oxygen atoms in total. The molecule has 0 spiro atoms. The van der Waals surface area contributed by atoms with Crippen LogP contribution >= 0.6 is 0 Å². The average molecular weight is 446 g/mol. The van der Waals surface area contributed by atoms with Gasteiger partial charge in [0.1, 0.15) is 12.1 Å². The van der Waals surface area contributed by atoms with E-state index in [1.807, 2.05) is 18.8 Å². The van der Waals surface area contributed by atoms with Gasteiger partial charge in [0.15, 0.2) is 12.4 Å². The van der Waals surface area contributed by atoms with Gasteiger partial charge in [-0.05, 0) is 18.2 Å². The number of ether oxygens (including phenoxy) is 1. The quantitative estimate of drug-likeness (QED) is 0.445. The van der Waals surface area contributed by atoms with E-state index in [2.05, 4.69) is 20.4 Å². The highest BCUT2D eigenvalue weighted by atomic mass is 19.4. The number of aldehydes is 1. The van der Waals surface area contributed by atoms with Crippen LogP contribution < -0.4 is 20.9 Å². The van der Waals surface area contributed by atoms with Crippen LogP contribution in [0.3, 0.4) is 0 Å². The van der Waals surface area contributed by atoms with Crippen LogP contribution in [-0.4, -0.2) is 42.0 Å². The average Bonchev–Trinajstić information content (AvgIpc) is 2.72. The fraction of sp³-hybridized carbons (Fsp3) is 0.368. The lowest BCUT2D eigenvalue weighted by Crippen LogP contribution is -2.28. The second-order valence-corrected chi connectivity index (χ2v) is 6.45. The lowest BCUT2D eigenvalue weighted by atomic mass is 10.2. The molecule has 2 rings (SSSR count). The van der Waals surface area contributed by atoms with Gasteiger partial charge in [0.2, 0.25) is 5.88 Å². The topological polar surface area (TPSA) is 113 Å². The predicted octanol–water partition coefficient (Wildman–Crippen LogP) is 2.66. The molecule has 0 radical (unpaired) electrons. The molecule has 0 aliphatic carbocycles. The number of alkyl halides is 3. The summed E-state index contributed by atoms with van der Waals surface area (Å²) >= 11 is 0. The Morgan fingerprint density at radius 1 is 1.32 bits per heavy atom. The molecular weight excluding hydrogens is 424 g/mol. The Labute approximate surface area is 175 Å². The zero-order chi connectivity index (χ0) is 23.6. The third-order valence-electron chi connectivity index (χ3n) is 3.41. The lowest BCUT2D eigenvalue weighted by Gasteiger charge is -2.11. The third-order valence-corrected chi connectivity index (χ3v) is 3.41. The Bertz CT molecular complexity index is 945. The van der Waals surface area contributed by atoms with Crippen LogP contribution in [0.25, 0.3) is 0 Å². The van der Waals surface area contributed by atoms with Gasteiger partial charge in [-0.2, -0.15) is 13.2 Å². The summed E-state index contributed by atoms with van der Waals surface area (Å²) in [6.07, 6.45) is -2.35. The number of nitrogens with one attached hydrogen (secondary N) is 3. The highest BCUT2D eigenvalue weighted by Crippen LogP contribution is 2.18. The number of rotatable bonds is 7. The number of carbonyl (C=O) groups is 2. The summed E-state index contributed by atoms with van der Waals surface area (Å²) in [6, 6.07) is 3.61. The van der Waals surface area contributed by atoms with Crippen molar-refractivity contribution in [2.45, 2.75) is 26.6 Å². The first-order valence-electron chi connectivity index (χ1n) is 8.95. The maximum absolute atomic E-state index is 13.8. The summed E-state index contributed by atoms with van der Waals surface area (Å²) in [6.45, 7) is 1.63. The molecular formula is C19H22F4N4O4. The van der Waals surface area contributed by atoms with Crippen molar-refractivity contribution in [2.24, 2.45) is 5.92 Å². The SMILES string of the molecule is CC(C)C=O.CNc1cc(C(=O)NCc2cc(F)c(OCC(F)(F)F)[nH]c2=O)ccn1. The zero-order valence-corrected chi connectivity index (χ0v) is 17.0. The molecule has 0 bridgehead atoms. The van der Waals surface area contributed by atoms with E-state index in [1.165, 1.54) is 18.3 Å². The fourth-order valence-electron chi connectivity index (χ4n) is 1.90. The van der Waals surface area contributed by atoms with Crippen molar-refractivity contribution in [1.29, 1.82) is 0 Å². The number of amides is 1. The molecule has 0 atom stereocenters. The molecule has 31 heavy (non-hydrogen) atoms. The standard InChI is InChI=1S/C15H14F4N4O3.C4H8O/c1-20-11-5-8(2-3-21-11)12(24)22-6-9-4-10(16)14(23-13(9)25)26-7-15(17,18)19;1-4(2)3-5/h2-5H,6-7H2,1H3,(H,20,21)(H,22,24)(H,23,25);3-4H,1-2H3. The number of H-pyrrole nitrogens is 1. The molecule has 3 N–H and O–H groups in total. The minimum absolute atomic E-state index is 0.182. The van der Waals surface area contributed by atoms with Crippen LogP contribution in [0.2, 0.25) is 0 Å². The lowest BCUT2D eigenvalue weighted by molar-refractivity contribution is -0.154. The maximum atomic E-state index is 13.8. The molecule has 2 heterocycles. The van der Waals surface area contributed by atoms with Crippen LogP contribution in [0.15, 0.2) is 29.2 Å². The third kappa shape index (κ3) is 9.28. The van der Waals surface area contributed by atoms with E-state index in [-0.39, 0.29) is 23.6 Å². The molecule has 0 aliphatic rings. The highest BCUT2D eigenvalue weighted by Gasteiger charge is 2.29. The molecule has 0 unspecified atom stereocenters. The Kier molecular flexibility index (Phi) is 9.64. The molecule has 12 heteroatoms. The number of hydrogen-bond donors (Lipinski definition) is 3. The Balaban J connectivity index is 0.000000861. The van der Waals surface area contributed by atoms with Crippen molar-refractivity contribution in [1.82, 2.24) is 15.3 Å². The highest BCUT2D eigenvalue weighted by molar-refractivity contribution is 5.94. The maximum Gasteiger partial charge on any atom is 0.422 e. The van der Waals surface area contributed by atoms with E-state index >= 15 is 0 Å². The van der Waals surface area contributed by atoms with E-state index in [1.54, 1.807) is 7.05 Å². The van der Waals surface area contributed by atoms with Gasteiger partial charge in [0.05, 0.1) is 0 Å². The fourth-order valence-corrected chi connectivity index (χ4v) is 1.90. The zero-order valence-electron chi connectivity index (χ0n) is 17.0. The molecule has 2 aromatic heterocycles. The van der Waals surface area contributed by atoms with Crippen LogP contribution in [0.4, 0.5) is 23.4 Å². The van der Waals surface area contributed by atoms with Gasteiger partial charge in [0, 0.05) is 36.8 Å². The van der Waals surface area contributed by atoms with Gasteiger partial charge < -0.3 is 20.2 Å². The van der Waals surface area contributed by atoms with Crippen molar-refractivity contribution in [3.05, 3.63) is 51.7 Å². The minimum atomic E-state index is -4.67. The van der Waals surface area contributed by atoms with E-state index in [0.717, 1.165) is 6.29 Å². The van der Waals surface area contributed by atoms with Crippen LogP contribution in [-0.2, 0) is 11.3 Å². The number of aromatic amines is 1. The van der Waals surface area contributed by atoms with Gasteiger partial charge in [-0.1, -0.05) is 13.8 Å². The van der Waals surface area contributed by atoms with Crippen molar-refractivity contribution in [3.63, 3.8) is 0 Å². The summed E-state index contributed by atoms with van der Waals surface area (Å²) in [5.41, 5.74) is -0.806.